The first-order chi connectivity index (χ1) is 11.7. The molecule has 0 radical (unpaired) electrons. The molecule has 4 heterocycles. The second-order valence-electron chi connectivity index (χ2n) is 7.91. The van der Waals surface area contributed by atoms with Crippen LogP contribution in [-0.4, -0.2) is 51.8 Å². The van der Waals surface area contributed by atoms with Crippen molar-refractivity contribution in [2.75, 3.05) is 13.2 Å². The minimum absolute atomic E-state index is 0.114. The van der Waals surface area contributed by atoms with Crippen LogP contribution >= 0.6 is 0 Å². The van der Waals surface area contributed by atoms with Crippen molar-refractivity contribution >= 4 is 0 Å². The maximum atomic E-state index is 11.0. The second kappa shape index (κ2) is 5.49. The molecule has 4 atom stereocenters. The lowest BCUT2D eigenvalue weighted by Crippen LogP contribution is -2.44. The molecule has 4 fully saturated rings. The van der Waals surface area contributed by atoms with Gasteiger partial charge in [0.25, 0.3) is 0 Å². The quantitative estimate of drug-likeness (QED) is 0.895. The Labute approximate surface area is 141 Å². The number of rotatable bonds is 4. The lowest BCUT2D eigenvalue weighted by Gasteiger charge is -2.34. The second-order valence-corrected chi connectivity index (χ2v) is 7.91. The summed E-state index contributed by atoms with van der Waals surface area (Å²) in [6.07, 6.45) is 9.08. The van der Waals surface area contributed by atoms with Crippen molar-refractivity contribution in [2.45, 2.75) is 75.6 Å². The van der Waals surface area contributed by atoms with Crippen LogP contribution in [0.3, 0.4) is 0 Å². The van der Waals surface area contributed by atoms with Crippen molar-refractivity contribution in [1.29, 1.82) is 0 Å². The van der Waals surface area contributed by atoms with Crippen LogP contribution in [0.5, 0.6) is 0 Å². The molecule has 7 nitrogen and oxygen atoms in total. The predicted octanol–water partition coefficient (Wildman–Crippen LogP) is 1.35. The molecular weight excluding hydrogens is 310 g/mol. The molecule has 3 saturated heterocycles. The Morgan fingerprint density at radius 3 is 2.92 bits per heavy atom. The Hall–Kier alpha value is -1.02. The van der Waals surface area contributed by atoms with Gasteiger partial charge < -0.3 is 19.3 Å². The van der Waals surface area contributed by atoms with E-state index in [9.17, 15) is 5.11 Å². The Balaban J connectivity index is 1.32. The van der Waals surface area contributed by atoms with E-state index in [1.807, 2.05) is 10.9 Å². The molecule has 2 unspecified atom stereocenters. The monoisotopic (exact) mass is 335 g/mol. The van der Waals surface area contributed by atoms with Crippen LogP contribution in [0.4, 0.5) is 0 Å². The highest BCUT2D eigenvalue weighted by molar-refractivity contribution is 5.12. The van der Waals surface area contributed by atoms with Crippen LogP contribution in [0, 0.1) is 5.41 Å². The van der Waals surface area contributed by atoms with Gasteiger partial charge in [-0.3, -0.25) is 4.68 Å². The van der Waals surface area contributed by atoms with Crippen LogP contribution < -0.4 is 0 Å². The van der Waals surface area contributed by atoms with Gasteiger partial charge in [-0.15, -0.1) is 5.10 Å². The molecule has 0 aromatic carbocycles. The van der Waals surface area contributed by atoms with Gasteiger partial charge in [0.05, 0.1) is 31.6 Å². The number of aliphatic hydroxyl groups is 1. The number of hydrogen-bond acceptors (Lipinski definition) is 6. The standard InChI is InChI=1S/C17H25N3O4/c21-17(5-4-12-10-23-15(17)24-12)13-9-20(19-18-13)11-16(6-7-16)14-3-1-2-8-22-14/h9,12,14-15,21H,1-8,10-11H2/t12-,14?,15+,17?/m0/s1. The van der Waals surface area contributed by atoms with Gasteiger partial charge in [0.1, 0.15) is 5.69 Å². The molecule has 0 spiro atoms. The molecule has 5 rings (SSSR count). The highest BCUT2D eigenvalue weighted by atomic mass is 16.7. The lowest BCUT2D eigenvalue weighted by molar-refractivity contribution is -0.219. The predicted molar refractivity (Wildman–Crippen MR) is 83.0 cm³/mol. The summed E-state index contributed by atoms with van der Waals surface area (Å²) in [5.74, 6) is 0. The summed E-state index contributed by atoms with van der Waals surface area (Å²) in [6.45, 7) is 2.26. The van der Waals surface area contributed by atoms with Gasteiger partial charge in [0.15, 0.2) is 11.9 Å². The molecule has 1 aromatic heterocycles. The Kier molecular flexibility index (Phi) is 3.49. The van der Waals surface area contributed by atoms with Gasteiger partial charge in [0.2, 0.25) is 0 Å². The molecule has 24 heavy (non-hydrogen) atoms. The van der Waals surface area contributed by atoms with Crippen LogP contribution in [0.25, 0.3) is 0 Å². The normalized spacial score (nSPS) is 40.6. The summed E-state index contributed by atoms with van der Waals surface area (Å²) in [6, 6.07) is 0. The van der Waals surface area contributed by atoms with E-state index in [-0.39, 0.29) is 11.5 Å². The molecule has 2 bridgehead atoms. The Bertz CT molecular complexity index is 611. The first kappa shape index (κ1) is 15.3. The molecule has 4 aliphatic rings. The minimum Gasteiger partial charge on any atom is -0.378 e. The molecule has 1 saturated carbocycles. The molecule has 7 heteroatoms. The first-order valence-electron chi connectivity index (χ1n) is 9.20. The van der Waals surface area contributed by atoms with Crippen LogP contribution in [0.15, 0.2) is 6.20 Å². The summed E-state index contributed by atoms with van der Waals surface area (Å²) in [5.41, 5.74) is -0.400. The first-order valence-corrected chi connectivity index (χ1v) is 9.20. The lowest BCUT2D eigenvalue weighted by atomic mass is 9.90. The molecular formula is C17H25N3O4. The highest BCUT2D eigenvalue weighted by Crippen LogP contribution is 2.53. The summed E-state index contributed by atoms with van der Waals surface area (Å²) >= 11 is 0. The topological polar surface area (TPSA) is 78.6 Å². The van der Waals surface area contributed by atoms with E-state index in [0.717, 1.165) is 26.0 Å². The van der Waals surface area contributed by atoms with Crippen molar-refractivity contribution in [1.82, 2.24) is 15.0 Å². The summed E-state index contributed by atoms with van der Waals surface area (Å²) in [7, 11) is 0. The zero-order valence-corrected chi connectivity index (χ0v) is 13.9. The van der Waals surface area contributed by atoms with Crippen molar-refractivity contribution in [3.63, 3.8) is 0 Å². The smallest absolute Gasteiger partial charge is 0.192 e. The van der Waals surface area contributed by atoms with Gasteiger partial charge in [-0.2, -0.15) is 0 Å². The average molecular weight is 335 g/mol. The third kappa shape index (κ3) is 2.41. The summed E-state index contributed by atoms with van der Waals surface area (Å²) < 4.78 is 19.2. The maximum absolute atomic E-state index is 11.0. The molecule has 132 valence electrons. The fraction of sp³-hybridized carbons (Fsp3) is 0.882. The van der Waals surface area contributed by atoms with E-state index in [1.54, 1.807) is 0 Å². The Morgan fingerprint density at radius 1 is 1.21 bits per heavy atom. The fourth-order valence-corrected chi connectivity index (χ4v) is 4.46. The molecule has 1 N–H and O–H groups in total. The molecule has 0 amide bonds. The molecule has 3 aliphatic heterocycles. The number of nitrogens with zero attached hydrogens (tertiary/aromatic N) is 3. The molecule has 1 aromatic rings. The van der Waals surface area contributed by atoms with E-state index in [1.165, 1.54) is 25.7 Å². The van der Waals surface area contributed by atoms with Gasteiger partial charge in [-0.05, 0) is 44.9 Å². The van der Waals surface area contributed by atoms with E-state index >= 15 is 0 Å². The highest BCUT2D eigenvalue weighted by Gasteiger charge is 2.53. The van der Waals surface area contributed by atoms with Gasteiger partial charge in [0, 0.05) is 12.0 Å². The van der Waals surface area contributed by atoms with Crippen LogP contribution in [0.1, 0.15) is 50.6 Å². The number of hydrogen-bond donors (Lipinski definition) is 1. The van der Waals surface area contributed by atoms with Gasteiger partial charge in [-0.1, -0.05) is 5.21 Å². The van der Waals surface area contributed by atoms with Gasteiger partial charge in [-0.25, -0.2) is 0 Å². The van der Waals surface area contributed by atoms with Gasteiger partial charge >= 0.3 is 0 Å². The number of aromatic nitrogens is 3. The van der Waals surface area contributed by atoms with E-state index in [0.29, 0.717) is 24.8 Å². The van der Waals surface area contributed by atoms with E-state index in [2.05, 4.69) is 10.3 Å². The third-order valence-corrected chi connectivity index (χ3v) is 6.20. The summed E-state index contributed by atoms with van der Waals surface area (Å²) in [5, 5.41) is 19.5. The fourth-order valence-electron chi connectivity index (χ4n) is 4.46. The summed E-state index contributed by atoms with van der Waals surface area (Å²) in [4.78, 5) is 0. The van der Waals surface area contributed by atoms with Crippen molar-refractivity contribution in [2.24, 2.45) is 5.41 Å². The van der Waals surface area contributed by atoms with E-state index in [4.69, 9.17) is 14.2 Å². The minimum atomic E-state index is -1.18. The van der Waals surface area contributed by atoms with Crippen molar-refractivity contribution in [3.8, 4) is 0 Å². The number of fused-ring (bicyclic) bond motifs is 2. The van der Waals surface area contributed by atoms with Crippen LogP contribution in [-0.2, 0) is 26.4 Å². The third-order valence-electron chi connectivity index (χ3n) is 6.20. The average Bonchev–Trinajstić information content (AvgIpc) is 3.05. The number of ether oxygens (including phenoxy) is 3. The van der Waals surface area contributed by atoms with Crippen molar-refractivity contribution < 1.29 is 19.3 Å². The molecule has 1 aliphatic carbocycles. The largest absolute Gasteiger partial charge is 0.378 e. The van der Waals surface area contributed by atoms with Crippen LogP contribution in [0.2, 0.25) is 0 Å². The SMILES string of the molecule is OC1(c2cn(CC3(C4CCCCO4)CC3)nn2)CC[C@H]2CO[C@@H]1O2. The maximum Gasteiger partial charge on any atom is 0.192 e. The van der Waals surface area contributed by atoms with E-state index < -0.39 is 11.9 Å². The van der Waals surface area contributed by atoms with Crippen molar-refractivity contribution in [3.05, 3.63) is 11.9 Å². The Morgan fingerprint density at radius 2 is 2.12 bits per heavy atom. The zero-order chi connectivity index (χ0) is 16.2. The zero-order valence-electron chi connectivity index (χ0n) is 13.9.